The first-order chi connectivity index (χ1) is 20.3. The minimum absolute atomic E-state index is 0.0794. The molecule has 0 radical (unpaired) electrons. The first kappa shape index (κ1) is 32.3. The van der Waals surface area contributed by atoms with Gasteiger partial charge in [-0.2, -0.15) is 0 Å². The molecular formula is C31H42N2O10. The quantitative estimate of drug-likeness (QED) is 0.182. The molecule has 1 amide bonds. The van der Waals surface area contributed by atoms with Gasteiger partial charge in [0.25, 0.3) is 5.91 Å². The van der Waals surface area contributed by atoms with Gasteiger partial charge in [0, 0.05) is 24.9 Å². The Morgan fingerprint density at radius 3 is 2.60 bits per heavy atom. The summed E-state index contributed by atoms with van der Waals surface area (Å²) in [5, 5.41) is 25.4. The van der Waals surface area contributed by atoms with Gasteiger partial charge >= 0.3 is 17.9 Å². The van der Waals surface area contributed by atoms with E-state index in [1.807, 2.05) is 33.9 Å². The fraction of sp³-hybridized carbons (Fsp3) is 0.613. The van der Waals surface area contributed by atoms with Crippen LogP contribution in [0.5, 0.6) is 11.5 Å². The molecule has 236 valence electrons. The van der Waals surface area contributed by atoms with Gasteiger partial charge in [0.1, 0.15) is 11.8 Å². The van der Waals surface area contributed by atoms with Gasteiger partial charge in [-0.3, -0.25) is 14.4 Å². The first-order valence-electron chi connectivity index (χ1n) is 14.8. The molecule has 2 aliphatic carbocycles. The number of rotatable bonds is 12. The molecule has 1 aliphatic heterocycles. The van der Waals surface area contributed by atoms with Gasteiger partial charge in [0.2, 0.25) is 0 Å². The van der Waals surface area contributed by atoms with Crippen LogP contribution in [0, 0.1) is 0 Å². The number of nitrogens with one attached hydrogen (secondary N) is 1. The number of phenolic OH excluding ortho intramolecular Hbond substituents is 1. The topological polar surface area (TPSA) is 161 Å². The first-order valence-corrected chi connectivity index (χ1v) is 14.8. The van der Waals surface area contributed by atoms with E-state index in [1.165, 1.54) is 6.92 Å². The normalized spacial score (nSPS) is 26.4. The van der Waals surface area contributed by atoms with Crippen molar-refractivity contribution < 1.29 is 48.3 Å². The molecule has 0 unspecified atom stereocenters. The van der Waals surface area contributed by atoms with E-state index < -0.39 is 59.5 Å². The maximum absolute atomic E-state index is 13.3. The summed E-state index contributed by atoms with van der Waals surface area (Å²) in [7, 11) is 1.94. The molecule has 0 fully saturated rings. The molecule has 12 heteroatoms. The fourth-order valence-corrected chi connectivity index (χ4v) is 6.44. The van der Waals surface area contributed by atoms with Crippen molar-refractivity contribution in [2.24, 2.45) is 0 Å². The number of hydrogen-bond donors (Lipinski definition) is 3. The summed E-state index contributed by atoms with van der Waals surface area (Å²) < 4.78 is 22.2. The zero-order chi connectivity index (χ0) is 31.7. The molecule has 0 aromatic heterocycles. The largest absolute Gasteiger partial charge is 0.504 e. The van der Waals surface area contributed by atoms with Gasteiger partial charge in [-0.15, -0.1) is 0 Å². The maximum Gasteiger partial charge on any atom is 0.329 e. The van der Waals surface area contributed by atoms with Crippen molar-refractivity contribution in [1.29, 1.82) is 0 Å². The Bertz CT molecular complexity index is 1310. The van der Waals surface area contributed by atoms with Crippen LogP contribution in [0.1, 0.15) is 71.4 Å². The van der Waals surface area contributed by atoms with E-state index in [0.717, 1.165) is 18.9 Å². The summed E-state index contributed by atoms with van der Waals surface area (Å²) in [6, 6.07) is 1.72. The highest BCUT2D eigenvalue weighted by atomic mass is 16.6. The predicted molar refractivity (Wildman–Crippen MR) is 153 cm³/mol. The van der Waals surface area contributed by atoms with E-state index in [0.29, 0.717) is 24.9 Å². The number of ether oxygens (including phenoxy) is 4. The van der Waals surface area contributed by atoms with Crippen LogP contribution in [0.3, 0.4) is 0 Å². The van der Waals surface area contributed by atoms with Gasteiger partial charge in [0.05, 0.1) is 24.0 Å². The summed E-state index contributed by atoms with van der Waals surface area (Å²) in [6.07, 6.45) is 0.955. The summed E-state index contributed by atoms with van der Waals surface area (Å²) in [5.74, 6) is -2.83. The minimum Gasteiger partial charge on any atom is -0.504 e. The third-order valence-electron chi connectivity index (χ3n) is 8.93. The molecular weight excluding hydrogens is 560 g/mol. The van der Waals surface area contributed by atoms with Crippen LogP contribution >= 0.6 is 0 Å². The van der Waals surface area contributed by atoms with Crippen LogP contribution in [0.4, 0.5) is 0 Å². The SMILES string of the molecule is CCCCOC(=O)[C@H](CC(=O)OC1=CC[C@@]2(O)[C@H](N(C)CC)Cc3ccc(O)c4c3[C@@]2(C)[C@H]1O4)NC(=O)[C@H](C)OC(C)=O. The molecule has 0 bridgehead atoms. The number of carbonyl (C=O) groups is 4. The minimum atomic E-state index is -1.40. The predicted octanol–water partition coefficient (Wildman–Crippen LogP) is 2.02. The third-order valence-corrected chi connectivity index (χ3v) is 8.93. The zero-order valence-corrected chi connectivity index (χ0v) is 25.6. The summed E-state index contributed by atoms with van der Waals surface area (Å²) in [6.45, 7) is 9.07. The summed E-state index contributed by atoms with van der Waals surface area (Å²) in [5.41, 5.74) is -0.762. The Kier molecular flexibility index (Phi) is 9.41. The number of benzene rings is 1. The molecule has 1 aromatic carbocycles. The van der Waals surface area contributed by atoms with Gasteiger partial charge in [-0.25, -0.2) is 4.79 Å². The molecule has 6 atom stereocenters. The molecule has 3 N–H and O–H groups in total. The van der Waals surface area contributed by atoms with E-state index in [9.17, 15) is 29.4 Å². The van der Waals surface area contributed by atoms with Crippen molar-refractivity contribution >= 4 is 23.8 Å². The Hall–Kier alpha value is -3.64. The van der Waals surface area contributed by atoms with Gasteiger partial charge in [0.15, 0.2) is 23.7 Å². The fourth-order valence-electron chi connectivity index (χ4n) is 6.44. The van der Waals surface area contributed by atoms with E-state index in [2.05, 4.69) is 10.2 Å². The van der Waals surface area contributed by atoms with Crippen LogP contribution in [0.2, 0.25) is 0 Å². The zero-order valence-electron chi connectivity index (χ0n) is 25.6. The lowest BCUT2D eigenvalue weighted by Gasteiger charge is -2.56. The second kappa shape index (κ2) is 12.5. The van der Waals surface area contributed by atoms with Crippen molar-refractivity contribution in [3.8, 4) is 11.5 Å². The number of phenols is 1. The van der Waals surface area contributed by atoms with Gasteiger partial charge in [-0.05, 0) is 58.0 Å². The molecule has 0 spiro atoms. The Balaban J connectivity index is 1.59. The highest BCUT2D eigenvalue weighted by Crippen LogP contribution is 2.62. The van der Waals surface area contributed by atoms with Crippen molar-refractivity contribution in [1.82, 2.24) is 10.2 Å². The number of aromatic hydroxyl groups is 1. The molecule has 3 aliphatic rings. The second-order valence-electron chi connectivity index (χ2n) is 11.7. The number of amides is 1. The van der Waals surface area contributed by atoms with Crippen molar-refractivity contribution in [3.63, 3.8) is 0 Å². The van der Waals surface area contributed by atoms with E-state index in [1.54, 1.807) is 12.1 Å². The lowest BCUT2D eigenvalue weighted by atomic mass is 9.54. The Morgan fingerprint density at radius 1 is 1.23 bits per heavy atom. The number of likely N-dealkylation sites (N-methyl/N-ethyl adjacent to an activating group) is 1. The summed E-state index contributed by atoms with van der Waals surface area (Å²) in [4.78, 5) is 52.1. The van der Waals surface area contributed by atoms with Crippen LogP contribution in [-0.2, 0) is 45.2 Å². The van der Waals surface area contributed by atoms with Crippen LogP contribution < -0.4 is 10.1 Å². The lowest BCUT2D eigenvalue weighted by Crippen LogP contribution is -2.69. The Labute approximate surface area is 251 Å². The number of carbonyl (C=O) groups excluding carboxylic acids is 4. The molecule has 4 rings (SSSR count). The van der Waals surface area contributed by atoms with Gasteiger partial charge < -0.3 is 39.4 Å². The van der Waals surface area contributed by atoms with Crippen molar-refractivity contribution in [2.45, 2.75) is 102 Å². The smallest absolute Gasteiger partial charge is 0.329 e. The molecule has 43 heavy (non-hydrogen) atoms. The Morgan fingerprint density at radius 2 is 1.95 bits per heavy atom. The van der Waals surface area contributed by atoms with Crippen molar-refractivity contribution in [2.75, 3.05) is 20.2 Å². The monoisotopic (exact) mass is 602 g/mol. The van der Waals surface area contributed by atoms with E-state index >= 15 is 0 Å². The number of esters is 3. The summed E-state index contributed by atoms with van der Waals surface area (Å²) >= 11 is 0. The average Bonchev–Trinajstić information content (AvgIpc) is 3.29. The number of unbranched alkanes of at least 4 members (excludes halogenated alkanes) is 1. The molecule has 0 saturated heterocycles. The standard InChI is InChI=1S/C31H42N2O10/c1-7-9-14-40-29(38)20(32-28(37)17(3)41-18(4)34)16-24(36)42-22-12-13-31(39)23(33(6)8-2)15-19-10-11-21(35)26-25(19)30(31,5)27(22)43-26/h10-12,17,20,23,27,35,39H,7-9,13-16H2,1-6H3,(H,32,37)/t17-,20-,23+,27-,30-,31+/m0/s1. The lowest BCUT2D eigenvalue weighted by molar-refractivity contribution is -0.158. The van der Waals surface area contributed by atoms with Gasteiger partial charge in [-0.1, -0.05) is 26.3 Å². The third kappa shape index (κ3) is 5.82. The van der Waals surface area contributed by atoms with Crippen LogP contribution in [0.15, 0.2) is 24.0 Å². The highest BCUT2D eigenvalue weighted by Gasteiger charge is 2.68. The number of hydrogen-bond acceptors (Lipinski definition) is 11. The maximum atomic E-state index is 13.3. The molecule has 12 nitrogen and oxygen atoms in total. The molecule has 1 aromatic rings. The highest BCUT2D eigenvalue weighted by molar-refractivity contribution is 5.90. The number of aliphatic hydroxyl groups is 1. The average molecular weight is 603 g/mol. The second-order valence-corrected chi connectivity index (χ2v) is 11.7. The van der Waals surface area contributed by atoms with E-state index in [4.69, 9.17) is 18.9 Å². The van der Waals surface area contributed by atoms with Crippen molar-refractivity contribution in [3.05, 3.63) is 35.1 Å². The van der Waals surface area contributed by atoms with E-state index in [-0.39, 0.29) is 36.3 Å². The molecule has 0 saturated carbocycles. The van der Waals surface area contributed by atoms with Crippen LogP contribution in [-0.4, -0.2) is 89.0 Å². The molecule has 1 heterocycles. The van der Waals surface area contributed by atoms with Crippen LogP contribution in [0.25, 0.3) is 0 Å². The number of nitrogens with zero attached hydrogens (tertiary/aromatic N) is 1.